The zero-order valence-electron chi connectivity index (χ0n) is 14.0. The molecule has 1 amide bonds. The van der Waals surface area contributed by atoms with Gasteiger partial charge in [0, 0.05) is 19.0 Å². The fraction of sp³-hybridized carbons (Fsp3) is 0.867. The molecule has 0 aromatic rings. The third-order valence-electron chi connectivity index (χ3n) is 4.57. The zero-order chi connectivity index (χ0) is 18.3. The third-order valence-corrected chi connectivity index (χ3v) is 7.42. The van der Waals surface area contributed by atoms with E-state index in [1.54, 1.807) is 6.92 Å². The number of nitrogens with zero attached hydrogens (tertiary/aromatic N) is 1. The van der Waals surface area contributed by atoms with E-state index in [0.29, 0.717) is 13.0 Å². The molecule has 0 aromatic carbocycles. The monoisotopic (exact) mass is 399 g/mol. The maximum absolute atomic E-state index is 12.5. The van der Waals surface area contributed by atoms with Gasteiger partial charge < -0.3 is 9.64 Å². The number of carbonyl (C=O) groups excluding carboxylic acids is 2. The normalized spacial score (nSPS) is 30.2. The Morgan fingerprint density at radius 3 is 2.33 bits per heavy atom. The molecule has 0 spiro atoms. The summed E-state index contributed by atoms with van der Waals surface area (Å²) in [5, 5.41) is 0. The van der Waals surface area contributed by atoms with Crippen LogP contribution in [0.1, 0.15) is 33.6 Å². The molecule has 2 fully saturated rings. The quantitative estimate of drug-likeness (QED) is 0.502. The highest BCUT2D eigenvalue weighted by Crippen LogP contribution is 2.64. The minimum atomic E-state index is -3.11. The first-order chi connectivity index (χ1) is 10.9. The minimum absolute atomic E-state index is 0.0381. The van der Waals surface area contributed by atoms with Crippen LogP contribution in [0.4, 0.5) is 0 Å². The van der Waals surface area contributed by atoms with Crippen LogP contribution in [0.25, 0.3) is 0 Å². The summed E-state index contributed by atoms with van der Waals surface area (Å²) in [6.45, 7) is 5.46. The van der Waals surface area contributed by atoms with Gasteiger partial charge in [0.1, 0.15) is 9.75 Å². The van der Waals surface area contributed by atoms with Crippen LogP contribution in [0.2, 0.25) is 0 Å². The second-order valence-corrected chi connectivity index (χ2v) is 11.0. The van der Waals surface area contributed by atoms with Crippen molar-refractivity contribution in [3.05, 3.63) is 0 Å². The third kappa shape index (κ3) is 4.17. The molecule has 24 heavy (non-hydrogen) atoms. The molecule has 138 valence electrons. The van der Waals surface area contributed by atoms with Gasteiger partial charge in [-0.1, -0.05) is 13.8 Å². The van der Waals surface area contributed by atoms with Crippen LogP contribution < -0.4 is 0 Å². The number of amides is 1. The fourth-order valence-corrected chi connectivity index (χ4v) is 5.28. The van der Waals surface area contributed by atoms with Gasteiger partial charge in [0.05, 0.1) is 11.5 Å². The maximum atomic E-state index is 12.5. The Kier molecular flexibility index (Phi) is 5.48. The summed E-state index contributed by atoms with van der Waals surface area (Å²) in [6, 6.07) is -0.361. The lowest BCUT2D eigenvalue weighted by Crippen LogP contribution is -2.45. The van der Waals surface area contributed by atoms with Crippen molar-refractivity contribution < 1.29 is 22.7 Å². The Morgan fingerprint density at radius 1 is 1.33 bits per heavy atom. The van der Waals surface area contributed by atoms with Crippen molar-refractivity contribution in [2.45, 2.75) is 44.0 Å². The molecule has 9 heteroatoms. The van der Waals surface area contributed by atoms with E-state index in [2.05, 4.69) is 0 Å². The summed E-state index contributed by atoms with van der Waals surface area (Å²) < 4.78 is 27.3. The van der Waals surface area contributed by atoms with Gasteiger partial charge in [0.2, 0.25) is 0 Å². The molecule has 6 nitrogen and oxygen atoms in total. The van der Waals surface area contributed by atoms with Crippen molar-refractivity contribution in [2.24, 2.45) is 11.3 Å². The molecule has 1 saturated carbocycles. The summed E-state index contributed by atoms with van der Waals surface area (Å²) in [5.74, 6) is -0.781. The van der Waals surface area contributed by atoms with E-state index in [1.165, 1.54) is 4.90 Å². The summed E-state index contributed by atoms with van der Waals surface area (Å²) in [4.78, 5) is 26.1. The number of hydrogen-bond acceptors (Lipinski definition) is 5. The van der Waals surface area contributed by atoms with Crippen LogP contribution in [0.3, 0.4) is 0 Å². The number of carbonyl (C=O) groups is 2. The lowest BCUT2D eigenvalue weighted by atomic mass is 10.1. The highest BCUT2D eigenvalue weighted by molar-refractivity contribution is 7.91. The number of halogens is 2. The molecule has 2 rings (SSSR count). The van der Waals surface area contributed by atoms with Gasteiger partial charge in [0.25, 0.3) is 5.91 Å². The number of hydrogen-bond donors (Lipinski definition) is 0. The van der Waals surface area contributed by atoms with E-state index in [1.807, 2.05) is 13.8 Å². The van der Waals surface area contributed by atoms with Crippen molar-refractivity contribution in [3.8, 4) is 0 Å². The van der Waals surface area contributed by atoms with Gasteiger partial charge in [-0.3, -0.25) is 9.59 Å². The van der Waals surface area contributed by atoms with E-state index in [0.717, 1.165) is 0 Å². The highest BCUT2D eigenvalue weighted by Gasteiger charge is 2.69. The Balaban J connectivity index is 1.97. The van der Waals surface area contributed by atoms with Crippen molar-refractivity contribution in [1.82, 2.24) is 4.90 Å². The second-order valence-electron chi connectivity index (χ2n) is 7.29. The first-order valence-corrected chi connectivity index (χ1v) is 10.5. The van der Waals surface area contributed by atoms with Gasteiger partial charge in [0.15, 0.2) is 16.4 Å². The molecular formula is C15H23Cl2NO5S. The fourth-order valence-electron chi connectivity index (χ4n) is 2.86. The van der Waals surface area contributed by atoms with Crippen LogP contribution in [0.15, 0.2) is 0 Å². The van der Waals surface area contributed by atoms with Crippen LogP contribution >= 0.6 is 23.2 Å². The number of ether oxygens (including phenoxy) is 1. The van der Waals surface area contributed by atoms with E-state index >= 15 is 0 Å². The van der Waals surface area contributed by atoms with Gasteiger partial charge >= 0.3 is 5.97 Å². The average molecular weight is 400 g/mol. The predicted octanol–water partition coefficient (Wildman–Crippen LogP) is 1.79. The largest absolute Gasteiger partial charge is 0.455 e. The van der Waals surface area contributed by atoms with Gasteiger partial charge in [-0.15, -0.1) is 23.2 Å². The predicted molar refractivity (Wildman–Crippen MR) is 91.7 cm³/mol. The molecule has 2 unspecified atom stereocenters. The summed E-state index contributed by atoms with van der Waals surface area (Å²) in [6.07, 6.45) is 0.700. The van der Waals surface area contributed by atoms with Gasteiger partial charge in [-0.2, -0.15) is 0 Å². The number of alkyl halides is 2. The molecule has 0 aromatic heterocycles. The van der Waals surface area contributed by atoms with Crippen LogP contribution in [-0.4, -0.2) is 60.2 Å². The Labute approximate surface area is 152 Å². The van der Waals surface area contributed by atoms with Gasteiger partial charge in [-0.05, 0) is 19.3 Å². The van der Waals surface area contributed by atoms with Crippen molar-refractivity contribution in [2.75, 3.05) is 24.7 Å². The molecule has 1 aliphatic heterocycles. The van der Waals surface area contributed by atoms with Crippen molar-refractivity contribution in [1.29, 1.82) is 0 Å². The Morgan fingerprint density at radius 2 is 1.92 bits per heavy atom. The first kappa shape index (κ1) is 19.8. The Hall–Kier alpha value is -0.530. The van der Waals surface area contributed by atoms with Crippen LogP contribution in [0, 0.1) is 11.3 Å². The molecule has 0 bridgehead atoms. The van der Waals surface area contributed by atoms with E-state index in [4.69, 9.17) is 27.9 Å². The van der Waals surface area contributed by atoms with Crippen molar-refractivity contribution in [3.63, 3.8) is 0 Å². The van der Waals surface area contributed by atoms with E-state index in [9.17, 15) is 18.0 Å². The van der Waals surface area contributed by atoms with E-state index in [-0.39, 0.29) is 29.9 Å². The first-order valence-electron chi connectivity index (χ1n) is 7.93. The molecule has 1 heterocycles. The molecule has 1 aliphatic carbocycles. The molecule has 0 radical (unpaired) electrons. The summed E-state index contributed by atoms with van der Waals surface area (Å²) >= 11 is 11.9. The number of rotatable bonds is 6. The zero-order valence-corrected chi connectivity index (χ0v) is 16.4. The van der Waals surface area contributed by atoms with Crippen LogP contribution in [0.5, 0.6) is 0 Å². The average Bonchev–Trinajstić information content (AvgIpc) is 2.77. The minimum Gasteiger partial charge on any atom is -0.455 e. The second kappa shape index (κ2) is 6.65. The lowest BCUT2D eigenvalue weighted by Gasteiger charge is -2.30. The van der Waals surface area contributed by atoms with Crippen molar-refractivity contribution >= 4 is 44.9 Å². The molecular weight excluding hydrogens is 377 g/mol. The number of sulfone groups is 1. The van der Waals surface area contributed by atoms with Crippen LogP contribution in [-0.2, 0) is 24.2 Å². The SMILES string of the molecule is CC(C)CN(C(=O)COC(=O)C1(C)CC1(Cl)Cl)C1CCS(=O)(=O)C1. The van der Waals surface area contributed by atoms with E-state index < -0.39 is 38.1 Å². The lowest BCUT2D eigenvalue weighted by molar-refractivity contribution is -0.157. The number of esters is 1. The van der Waals surface area contributed by atoms with Gasteiger partial charge in [-0.25, -0.2) is 8.42 Å². The highest BCUT2D eigenvalue weighted by atomic mass is 35.5. The standard InChI is InChI=1S/C15H23Cl2NO5S/c1-10(2)6-18(11-4-5-24(21,22)8-11)12(19)7-23-13(20)14(3)9-15(14,16)17/h10-11H,4-9H2,1-3H3. The molecule has 0 N–H and O–H groups in total. The summed E-state index contributed by atoms with van der Waals surface area (Å²) in [5.41, 5.74) is -0.990. The molecule has 2 aliphatic rings. The summed E-state index contributed by atoms with van der Waals surface area (Å²) in [7, 11) is -3.11. The smallest absolute Gasteiger partial charge is 0.315 e. The maximum Gasteiger partial charge on any atom is 0.315 e. The molecule has 2 atom stereocenters. The topological polar surface area (TPSA) is 80.8 Å². The molecule has 1 saturated heterocycles. The Bertz CT molecular complexity index is 634.